The molecule has 1 saturated carbocycles. The summed E-state index contributed by atoms with van der Waals surface area (Å²) >= 11 is 1.81. The number of carboxylic acids is 1. The second-order valence-corrected chi connectivity index (χ2v) is 6.49. The molecule has 1 rings (SSSR count). The summed E-state index contributed by atoms with van der Waals surface area (Å²) in [5.41, 5.74) is -0.283. The van der Waals surface area contributed by atoms with E-state index in [1.165, 1.54) is 0 Å². The van der Waals surface area contributed by atoms with Gasteiger partial charge in [0.15, 0.2) is 0 Å². The number of amides is 1. The van der Waals surface area contributed by atoms with Crippen molar-refractivity contribution in [3.63, 3.8) is 0 Å². The quantitative estimate of drug-likeness (QED) is 0.640. The van der Waals surface area contributed by atoms with E-state index in [2.05, 4.69) is 11.6 Å². The van der Waals surface area contributed by atoms with Crippen molar-refractivity contribution < 1.29 is 14.7 Å². The number of hydrogen-bond acceptors (Lipinski definition) is 3. The van der Waals surface area contributed by atoms with Gasteiger partial charge in [-0.15, -0.1) is 0 Å². The number of thioether (sulfide) groups is 1. The fourth-order valence-electron chi connectivity index (χ4n) is 2.86. The first-order chi connectivity index (χ1) is 9.08. The standard InChI is InChI=1S/C14H25NO3S/c1-19-9-5-4-8-15-12(16)10-14(11-13(17)18)6-2-3-7-14/h2-11H2,1H3,(H,15,16)(H,17,18). The highest BCUT2D eigenvalue weighted by Gasteiger charge is 2.37. The predicted molar refractivity (Wildman–Crippen MR) is 78.4 cm³/mol. The molecule has 5 heteroatoms. The third kappa shape index (κ3) is 6.32. The summed E-state index contributed by atoms with van der Waals surface area (Å²) in [4.78, 5) is 22.8. The topological polar surface area (TPSA) is 66.4 Å². The summed E-state index contributed by atoms with van der Waals surface area (Å²) in [5, 5.41) is 11.9. The van der Waals surface area contributed by atoms with Gasteiger partial charge >= 0.3 is 5.97 Å². The van der Waals surface area contributed by atoms with Gasteiger partial charge in [0.1, 0.15) is 0 Å². The van der Waals surface area contributed by atoms with Gasteiger partial charge in [0.2, 0.25) is 5.91 Å². The lowest BCUT2D eigenvalue weighted by Crippen LogP contribution is -2.32. The van der Waals surface area contributed by atoms with E-state index >= 15 is 0 Å². The molecule has 0 aliphatic heterocycles. The molecule has 0 spiro atoms. The summed E-state index contributed by atoms with van der Waals surface area (Å²) in [7, 11) is 0. The molecule has 0 aromatic carbocycles. The van der Waals surface area contributed by atoms with Gasteiger partial charge < -0.3 is 10.4 Å². The van der Waals surface area contributed by atoms with E-state index in [0.29, 0.717) is 13.0 Å². The van der Waals surface area contributed by atoms with Gasteiger partial charge in [0.25, 0.3) is 0 Å². The predicted octanol–water partition coefficient (Wildman–Crippen LogP) is 2.67. The van der Waals surface area contributed by atoms with Gasteiger partial charge in [0.05, 0.1) is 6.42 Å². The highest BCUT2D eigenvalue weighted by molar-refractivity contribution is 7.98. The fraction of sp³-hybridized carbons (Fsp3) is 0.857. The Morgan fingerprint density at radius 3 is 2.47 bits per heavy atom. The maximum absolute atomic E-state index is 11.9. The molecule has 0 unspecified atom stereocenters. The van der Waals surface area contributed by atoms with Crippen molar-refractivity contribution in [1.29, 1.82) is 0 Å². The number of carboxylic acid groups (broad SMARTS) is 1. The Balaban J connectivity index is 2.29. The van der Waals surface area contributed by atoms with Crippen molar-refractivity contribution in [2.45, 2.75) is 51.4 Å². The molecule has 19 heavy (non-hydrogen) atoms. The highest BCUT2D eigenvalue weighted by Crippen LogP contribution is 2.43. The van der Waals surface area contributed by atoms with E-state index in [9.17, 15) is 9.59 Å². The van der Waals surface area contributed by atoms with Gasteiger partial charge in [0, 0.05) is 13.0 Å². The number of rotatable bonds is 9. The zero-order valence-corrected chi connectivity index (χ0v) is 12.6. The molecule has 0 atom stereocenters. The molecule has 2 N–H and O–H groups in total. The Bertz CT molecular complexity index is 301. The van der Waals surface area contributed by atoms with Crippen LogP contribution in [0.25, 0.3) is 0 Å². The summed E-state index contributed by atoms with van der Waals surface area (Å²) in [6.07, 6.45) is 8.55. The zero-order valence-electron chi connectivity index (χ0n) is 11.7. The van der Waals surface area contributed by atoms with E-state index in [1.54, 1.807) is 0 Å². The lowest BCUT2D eigenvalue weighted by Gasteiger charge is -2.26. The van der Waals surface area contributed by atoms with Crippen LogP contribution in [0.15, 0.2) is 0 Å². The van der Waals surface area contributed by atoms with Crippen LogP contribution in [0, 0.1) is 5.41 Å². The molecule has 0 aromatic heterocycles. The maximum Gasteiger partial charge on any atom is 0.303 e. The summed E-state index contributed by atoms with van der Waals surface area (Å²) in [6, 6.07) is 0. The Kier molecular flexibility index (Phi) is 7.28. The van der Waals surface area contributed by atoms with Gasteiger partial charge in [-0.1, -0.05) is 12.8 Å². The molecule has 4 nitrogen and oxygen atoms in total. The largest absolute Gasteiger partial charge is 0.481 e. The van der Waals surface area contributed by atoms with Crippen molar-refractivity contribution in [3.05, 3.63) is 0 Å². The first-order valence-electron chi connectivity index (χ1n) is 7.05. The van der Waals surface area contributed by atoms with E-state index < -0.39 is 5.97 Å². The normalized spacial score (nSPS) is 17.3. The average molecular weight is 287 g/mol. The third-order valence-corrected chi connectivity index (χ3v) is 4.52. The Hall–Kier alpha value is -0.710. The number of unbranched alkanes of at least 4 members (excludes halogenated alkanes) is 1. The number of hydrogen-bond donors (Lipinski definition) is 2. The summed E-state index contributed by atoms with van der Waals surface area (Å²) in [6.45, 7) is 0.711. The van der Waals surface area contributed by atoms with Crippen LogP contribution in [0.4, 0.5) is 0 Å². The second kappa shape index (κ2) is 8.46. The van der Waals surface area contributed by atoms with E-state index in [1.807, 2.05) is 11.8 Å². The minimum Gasteiger partial charge on any atom is -0.481 e. The van der Waals surface area contributed by atoms with Crippen molar-refractivity contribution in [2.75, 3.05) is 18.6 Å². The first-order valence-corrected chi connectivity index (χ1v) is 8.45. The molecule has 1 fully saturated rings. The van der Waals surface area contributed by atoms with Crippen LogP contribution in [-0.2, 0) is 9.59 Å². The average Bonchev–Trinajstić information content (AvgIpc) is 2.76. The van der Waals surface area contributed by atoms with Crippen LogP contribution in [-0.4, -0.2) is 35.5 Å². The number of carbonyl (C=O) groups is 2. The minimum absolute atomic E-state index is 0.0206. The number of carbonyl (C=O) groups excluding carboxylic acids is 1. The molecule has 0 heterocycles. The monoisotopic (exact) mass is 287 g/mol. The SMILES string of the molecule is CSCCCCNC(=O)CC1(CC(=O)O)CCCC1. The molecule has 0 radical (unpaired) electrons. The highest BCUT2D eigenvalue weighted by atomic mass is 32.2. The molecule has 0 aromatic rings. The fourth-order valence-corrected chi connectivity index (χ4v) is 3.36. The van der Waals surface area contributed by atoms with Crippen LogP contribution in [0.3, 0.4) is 0 Å². The van der Waals surface area contributed by atoms with Crippen molar-refractivity contribution in [3.8, 4) is 0 Å². The molecule has 110 valence electrons. The maximum atomic E-state index is 11.9. The molecular weight excluding hydrogens is 262 g/mol. The van der Waals surface area contributed by atoms with E-state index in [4.69, 9.17) is 5.11 Å². The van der Waals surface area contributed by atoms with Crippen molar-refractivity contribution in [2.24, 2.45) is 5.41 Å². The summed E-state index contributed by atoms with van der Waals surface area (Å²) in [5.74, 6) is 0.362. The lowest BCUT2D eigenvalue weighted by molar-refractivity contribution is -0.140. The van der Waals surface area contributed by atoms with Gasteiger partial charge in [-0.3, -0.25) is 9.59 Å². The van der Waals surface area contributed by atoms with Gasteiger partial charge in [-0.05, 0) is 43.1 Å². The molecule has 0 saturated heterocycles. The Morgan fingerprint density at radius 1 is 1.21 bits per heavy atom. The first kappa shape index (κ1) is 16.3. The van der Waals surface area contributed by atoms with Crippen LogP contribution < -0.4 is 5.32 Å². The van der Waals surface area contributed by atoms with Crippen LogP contribution >= 0.6 is 11.8 Å². The number of aliphatic carboxylic acids is 1. The van der Waals surface area contributed by atoms with E-state index in [-0.39, 0.29) is 17.7 Å². The molecule has 1 amide bonds. The second-order valence-electron chi connectivity index (χ2n) is 5.50. The van der Waals surface area contributed by atoms with Gasteiger partial charge in [-0.2, -0.15) is 11.8 Å². The van der Waals surface area contributed by atoms with Crippen LogP contribution in [0.2, 0.25) is 0 Å². The Morgan fingerprint density at radius 2 is 1.89 bits per heavy atom. The summed E-state index contributed by atoms with van der Waals surface area (Å²) < 4.78 is 0. The Labute approximate surface area is 119 Å². The molecule has 1 aliphatic rings. The van der Waals surface area contributed by atoms with E-state index in [0.717, 1.165) is 44.3 Å². The van der Waals surface area contributed by atoms with Gasteiger partial charge in [-0.25, -0.2) is 0 Å². The minimum atomic E-state index is -0.783. The smallest absolute Gasteiger partial charge is 0.303 e. The van der Waals surface area contributed by atoms with Crippen LogP contribution in [0.5, 0.6) is 0 Å². The van der Waals surface area contributed by atoms with Crippen molar-refractivity contribution >= 4 is 23.6 Å². The lowest BCUT2D eigenvalue weighted by atomic mass is 9.79. The number of nitrogens with one attached hydrogen (secondary N) is 1. The molecular formula is C14H25NO3S. The molecule has 0 bridgehead atoms. The molecule has 1 aliphatic carbocycles. The zero-order chi connectivity index (χ0) is 14.1. The van der Waals surface area contributed by atoms with Crippen molar-refractivity contribution in [1.82, 2.24) is 5.32 Å². The third-order valence-electron chi connectivity index (χ3n) is 3.82. The van der Waals surface area contributed by atoms with Crippen LogP contribution in [0.1, 0.15) is 51.4 Å².